The Morgan fingerprint density at radius 3 is 2.81 bits per heavy atom. The Kier molecular flexibility index (Phi) is 8.35. The van der Waals surface area contributed by atoms with Crippen LogP contribution in [0.3, 0.4) is 0 Å². The van der Waals surface area contributed by atoms with Crippen molar-refractivity contribution in [1.29, 1.82) is 0 Å². The van der Waals surface area contributed by atoms with Crippen molar-refractivity contribution in [3.05, 3.63) is 47.8 Å². The molecule has 9 heteroatoms. The van der Waals surface area contributed by atoms with Crippen LogP contribution in [0.25, 0.3) is 0 Å². The molecule has 174 valence electrons. The van der Waals surface area contributed by atoms with E-state index >= 15 is 0 Å². The summed E-state index contributed by atoms with van der Waals surface area (Å²) in [6.07, 6.45) is 2.36. The van der Waals surface area contributed by atoms with Crippen LogP contribution in [0, 0.1) is 5.92 Å². The van der Waals surface area contributed by atoms with Crippen LogP contribution < -0.4 is 0 Å². The molecule has 0 saturated heterocycles. The van der Waals surface area contributed by atoms with Crippen molar-refractivity contribution in [2.75, 3.05) is 26.7 Å². The zero-order valence-corrected chi connectivity index (χ0v) is 19.1. The second kappa shape index (κ2) is 11.2. The Morgan fingerprint density at radius 1 is 1.34 bits per heavy atom. The number of amides is 2. The number of hydrogen-bond acceptors (Lipinski definition) is 6. The zero-order chi connectivity index (χ0) is 23.1. The third-order valence-corrected chi connectivity index (χ3v) is 5.96. The molecule has 1 aromatic heterocycles. The summed E-state index contributed by atoms with van der Waals surface area (Å²) in [6.45, 7) is 5.44. The number of benzene rings is 1. The highest BCUT2D eigenvalue weighted by atomic mass is 16.5. The van der Waals surface area contributed by atoms with Gasteiger partial charge in [-0.1, -0.05) is 30.3 Å². The largest absolute Gasteiger partial charge is 0.394 e. The highest BCUT2D eigenvalue weighted by Crippen LogP contribution is 2.19. The lowest BCUT2D eigenvalue weighted by molar-refractivity contribution is -0.136. The number of aliphatic hydroxyl groups is 1. The van der Waals surface area contributed by atoms with E-state index in [4.69, 9.17) is 4.74 Å². The van der Waals surface area contributed by atoms with Gasteiger partial charge in [0.2, 0.25) is 5.91 Å². The van der Waals surface area contributed by atoms with Gasteiger partial charge < -0.3 is 19.6 Å². The lowest BCUT2D eigenvalue weighted by Crippen LogP contribution is -2.47. The van der Waals surface area contributed by atoms with E-state index in [0.717, 1.165) is 5.69 Å². The Hall–Kier alpha value is -2.78. The molecule has 3 atom stereocenters. The van der Waals surface area contributed by atoms with Gasteiger partial charge in [-0.05, 0) is 25.5 Å². The van der Waals surface area contributed by atoms with Crippen molar-refractivity contribution in [3.8, 4) is 0 Å². The van der Waals surface area contributed by atoms with Gasteiger partial charge in [0.15, 0.2) is 0 Å². The van der Waals surface area contributed by atoms with E-state index in [1.54, 1.807) is 39.9 Å². The van der Waals surface area contributed by atoms with Crippen molar-refractivity contribution >= 4 is 11.8 Å². The van der Waals surface area contributed by atoms with Crippen LogP contribution in [-0.2, 0) is 22.7 Å². The number of hydrogen-bond donors (Lipinski definition) is 1. The molecular weight excluding hydrogens is 410 g/mol. The molecule has 0 radical (unpaired) electrons. The number of fused-ring (bicyclic) bond motifs is 1. The smallest absolute Gasteiger partial charge is 0.253 e. The van der Waals surface area contributed by atoms with Crippen LogP contribution in [0.4, 0.5) is 0 Å². The maximum absolute atomic E-state index is 12.9. The average molecular weight is 444 g/mol. The Bertz CT molecular complexity index is 888. The first kappa shape index (κ1) is 23.9. The van der Waals surface area contributed by atoms with Crippen molar-refractivity contribution in [3.63, 3.8) is 0 Å². The number of rotatable bonds is 5. The predicted octanol–water partition coefficient (Wildman–Crippen LogP) is 1.57. The van der Waals surface area contributed by atoms with Crippen LogP contribution in [0.1, 0.15) is 42.7 Å². The first-order valence-corrected chi connectivity index (χ1v) is 11.1. The molecule has 2 heterocycles. The lowest BCUT2D eigenvalue weighted by atomic mass is 10.0. The molecule has 0 aliphatic carbocycles. The molecule has 2 aromatic rings. The summed E-state index contributed by atoms with van der Waals surface area (Å²) in [7, 11) is 1.76. The van der Waals surface area contributed by atoms with Gasteiger partial charge in [0, 0.05) is 44.6 Å². The molecule has 1 N–H and O–H groups in total. The number of nitrogens with zero attached hydrogens (tertiary/aromatic N) is 5. The van der Waals surface area contributed by atoms with Crippen LogP contribution in [0.5, 0.6) is 0 Å². The van der Waals surface area contributed by atoms with E-state index in [9.17, 15) is 14.7 Å². The molecule has 0 spiro atoms. The third kappa shape index (κ3) is 5.92. The molecule has 1 aromatic carbocycles. The number of ether oxygens (including phenoxy) is 1. The number of carbonyl (C=O) groups excluding carboxylic acids is 2. The molecule has 32 heavy (non-hydrogen) atoms. The predicted molar refractivity (Wildman–Crippen MR) is 119 cm³/mol. The summed E-state index contributed by atoms with van der Waals surface area (Å²) in [5.41, 5.74) is 1.46. The second-order valence-corrected chi connectivity index (χ2v) is 8.51. The summed E-state index contributed by atoms with van der Waals surface area (Å²) < 4.78 is 8.03. The summed E-state index contributed by atoms with van der Waals surface area (Å²) >= 11 is 0. The Morgan fingerprint density at radius 2 is 2.09 bits per heavy atom. The summed E-state index contributed by atoms with van der Waals surface area (Å²) in [6, 6.07) is 8.84. The first-order valence-electron chi connectivity index (χ1n) is 11.1. The number of aromatic nitrogens is 3. The van der Waals surface area contributed by atoms with Crippen LogP contribution in [0.2, 0.25) is 0 Å². The Labute approximate surface area is 189 Å². The minimum Gasteiger partial charge on any atom is -0.394 e. The third-order valence-electron chi connectivity index (χ3n) is 5.96. The highest BCUT2D eigenvalue weighted by Gasteiger charge is 2.29. The van der Waals surface area contributed by atoms with Crippen LogP contribution in [-0.4, -0.2) is 80.6 Å². The van der Waals surface area contributed by atoms with Crippen molar-refractivity contribution < 1.29 is 19.4 Å². The number of aryl methyl sites for hydroxylation is 1. The summed E-state index contributed by atoms with van der Waals surface area (Å²) in [4.78, 5) is 29.2. The van der Waals surface area contributed by atoms with Gasteiger partial charge in [-0.3, -0.25) is 9.59 Å². The summed E-state index contributed by atoms with van der Waals surface area (Å²) in [5.74, 6) is -0.160. The van der Waals surface area contributed by atoms with E-state index in [0.29, 0.717) is 44.6 Å². The van der Waals surface area contributed by atoms with Gasteiger partial charge in [0.05, 0.1) is 37.3 Å². The van der Waals surface area contributed by atoms with Gasteiger partial charge in [0.1, 0.15) is 0 Å². The topological polar surface area (TPSA) is 101 Å². The fourth-order valence-electron chi connectivity index (χ4n) is 3.90. The number of carbonyl (C=O) groups is 2. The molecule has 1 aliphatic rings. The summed E-state index contributed by atoms with van der Waals surface area (Å²) in [5, 5.41) is 17.8. The van der Waals surface area contributed by atoms with Crippen molar-refractivity contribution in [2.45, 2.75) is 52.0 Å². The molecule has 1 aliphatic heterocycles. The highest BCUT2D eigenvalue weighted by molar-refractivity contribution is 5.94. The maximum atomic E-state index is 12.9. The molecule has 0 unspecified atom stereocenters. The van der Waals surface area contributed by atoms with E-state index in [-0.39, 0.29) is 36.5 Å². The van der Waals surface area contributed by atoms with Gasteiger partial charge in [-0.15, -0.1) is 5.10 Å². The van der Waals surface area contributed by atoms with Gasteiger partial charge in [0.25, 0.3) is 5.91 Å². The van der Waals surface area contributed by atoms with Crippen molar-refractivity contribution in [1.82, 2.24) is 24.8 Å². The fourth-order valence-corrected chi connectivity index (χ4v) is 3.90. The van der Waals surface area contributed by atoms with Gasteiger partial charge >= 0.3 is 0 Å². The number of likely N-dealkylation sites (N-methyl/N-ethyl adjacent to an activating group) is 1. The molecule has 0 bridgehead atoms. The normalized spacial score (nSPS) is 21.2. The molecule has 0 fully saturated rings. The maximum Gasteiger partial charge on any atom is 0.253 e. The molecule has 9 nitrogen and oxygen atoms in total. The minimum atomic E-state index is -0.323. The van der Waals surface area contributed by atoms with E-state index < -0.39 is 0 Å². The van der Waals surface area contributed by atoms with Gasteiger partial charge in [-0.2, -0.15) is 0 Å². The van der Waals surface area contributed by atoms with E-state index in [1.807, 2.05) is 32.0 Å². The van der Waals surface area contributed by atoms with Crippen LogP contribution in [0.15, 0.2) is 36.5 Å². The van der Waals surface area contributed by atoms with E-state index in [1.165, 1.54) is 0 Å². The monoisotopic (exact) mass is 443 g/mol. The molecular formula is C23H33N5O4. The SMILES string of the molecule is C[C@@H]1CN([C@@H](C)CO)C(=O)CCCn2nncc2CO[C@H]1CN(C)C(=O)c1ccccc1. The quantitative estimate of drug-likeness (QED) is 0.753. The second-order valence-electron chi connectivity index (χ2n) is 8.51. The average Bonchev–Trinajstić information content (AvgIpc) is 3.25. The first-order chi connectivity index (χ1) is 15.4. The molecule has 0 saturated carbocycles. The standard InChI is InChI=1S/C23H33N5O4/c1-17-13-27(18(2)15-29)22(30)10-7-11-28-20(12-24-25-28)16-32-21(17)14-26(3)23(31)19-8-5-4-6-9-19/h4-6,8-9,12,17-18,21,29H,7,10-11,13-16H2,1-3H3/t17-,18+,21+/m1/s1. The minimum absolute atomic E-state index is 0.00638. The van der Waals surface area contributed by atoms with Crippen molar-refractivity contribution in [2.24, 2.45) is 5.92 Å². The van der Waals surface area contributed by atoms with Gasteiger partial charge in [-0.25, -0.2) is 4.68 Å². The lowest BCUT2D eigenvalue weighted by Gasteiger charge is -2.35. The molecule has 3 rings (SSSR count). The molecule has 2 amide bonds. The van der Waals surface area contributed by atoms with E-state index in [2.05, 4.69) is 10.3 Å². The zero-order valence-electron chi connectivity index (χ0n) is 19.1. The Balaban J connectivity index is 1.81. The van der Waals surface area contributed by atoms with Crippen LogP contribution >= 0.6 is 0 Å². The fraction of sp³-hybridized carbons (Fsp3) is 0.565. The number of aliphatic hydroxyl groups excluding tert-OH is 1.